The first-order chi connectivity index (χ1) is 12.7. The molecule has 0 amide bonds. The van der Waals surface area contributed by atoms with Crippen molar-refractivity contribution in [3.63, 3.8) is 0 Å². The van der Waals surface area contributed by atoms with Crippen LogP contribution in [0.25, 0.3) is 11.4 Å². The van der Waals surface area contributed by atoms with Crippen LogP contribution in [-0.4, -0.2) is 52.2 Å². The monoisotopic (exact) mass is 356 g/mol. The molecule has 3 rings (SSSR count). The molecule has 0 saturated carbocycles. The van der Waals surface area contributed by atoms with Gasteiger partial charge >= 0.3 is 5.97 Å². The van der Waals surface area contributed by atoms with Crippen molar-refractivity contribution in [2.75, 3.05) is 36.8 Å². The molecule has 0 atom stereocenters. The van der Waals surface area contributed by atoms with Gasteiger partial charge in [0.1, 0.15) is 12.4 Å². The lowest BCUT2D eigenvalue weighted by molar-refractivity contribution is -0.134. The molecule has 8 heteroatoms. The Balaban J connectivity index is 1.70. The number of aliphatic carboxylic acids is 1. The maximum absolute atomic E-state index is 10.8. The van der Waals surface area contributed by atoms with Gasteiger partial charge in [0.05, 0.1) is 11.4 Å². The molecule has 0 unspecified atom stereocenters. The van der Waals surface area contributed by atoms with Gasteiger partial charge < -0.3 is 21.1 Å². The van der Waals surface area contributed by atoms with E-state index in [4.69, 9.17) is 5.11 Å². The van der Waals surface area contributed by atoms with Crippen molar-refractivity contribution in [1.29, 1.82) is 0 Å². The number of carbonyl (C=O) groups is 1. The van der Waals surface area contributed by atoms with Crippen molar-refractivity contribution in [1.82, 2.24) is 20.3 Å². The molecule has 2 aromatic rings. The van der Waals surface area contributed by atoms with E-state index >= 15 is 0 Å². The average molecular weight is 356 g/mol. The van der Waals surface area contributed by atoms with Crippen molar-refractivity contribution in [2.24, 2.45) is 5.92 Å². The summed E-state index contributed by atoms with van der Waals surface area (Å²) < 4.78 is 0. The van der Waals surface area contributed by atoms with Crippen LogP contribution < -0.4 is 16.0 Å². The molecule has 1 fully saturated rings. The topological polar surface area (TPSA) is 112 Å². The van der Waals surface area contributed by atoms with Crippen LogP contribution in [-0.2, 0) is 4.79 Å². The van der Waals surface area contributed by atoms with Gasteiger partial charge in [-0.15, -0.1) is 0 Å². The van der Waals surface area contributed by atoms with Crippen molar-refractivity contribution in [3.8, 4) is 11.4 Å². The number of nitrogens with one attached hydrogen (secondary N) is 3. The zero-order valence-corrected chi connectivity index (χ0v) is 14.6. The van der Waals surface area contributed by atoms with Crippen molar-refractivity contribution < 1.29 is 9.90 Å². The van der Waals surface area contributed by atoms with Crippen molar-refractivity contribution >= 4 is 17.7 Å². The Labute approximate surface area is 152 Å². The molecule has 0 radical (unpaired) electrons. The van der Waals surface area contributed by atoms with E-state index in [0.717, 1.165) is 37.7 Å². The Morgan fingerprint density at radius 2 is 2.04 bits per heavy atom. The van der Waals surface area contributed by atoms with Gasteiger partial charge in [0.2, 0.25) is 5.95 Å². The van der Waals surface area contributed by atoms with E-state index in [1.165, 1.54) is 12.8 Å². The number of carboxylic acids is 1. The highest BCUT2D eigenvalue weighted by Gasteiger charge is 2.13. The zero-order valence-electron chi connectivity index (χ0n) is 14.6. The molecule has 0 aliphatic carbocycles. The van der Waals surface area contributed by atoms with E-state index in [0.29, 0.717) is 11.5 Å². The van der Waals surface area contributed by atoms with E-state index in [-0.39, 0.29) is 12.5 Å². The fourth-order valence-corrected chi connectivity index (χ4v) is 2.99. The molecular formula is C18H24N6O2. The summed E-state index contributed by atoms with van der Waals surface area (Å²) in [5, 5.41) is 18.3. The quantitative estimate of drug-likeness (QED) is 0.567. The molecule has 0 spiro atoms. The van der Waals surface area contributed by atoms with Gasteiger partial charge in [-0.2, -0.15) is 4.98 Å². The van der Waals surface area contributed by atoms with E-state index in [1.807, 2.05) is 24.3 Å². The molecule has 26 heavy (non-hydrogen) atoms. The standard InChI is InChI=1S/C18H24N6O2/c25-17(26)12-22-18-23-15(14-3-1-2-7-20-14)11-16(24-18)21-10-6-13-4-8-19-9-5-13/h1-3,7,11,13,19H,4-6,8-10,12H2,(H,25,26)(H2,21,22,23,24). The minimum atomic E-state index is -0.961. The minimum absolute atomic E-state index is 0.236. The van der Waals surface area contributed by atoms with Crippen LogP contribution in [0.3, 0.4) is 0 Å². The summed E-state index contributed by atoms with van der Waals surface area (Å²) in [7, 11) is 0. The SMILES string of the molecule is O=C(O)CNc1nc(NCCC2CCNCC2)cc(-c2ccccn2)n1. The molecular weight excluding hydrogens is 332 g/mol. The molecule has 138 valence electrons. The van der Waals surface area contributed by atoms with Gasteiger partial charge in [0.15, 0.2) is 0 Å². The second-order valence-corrected chi connectivity index (χ2v) is 6.33. The Bertz CT molecular complexity index is 719. The number of piperidine rings is 1. The molecule has 1 saturated heterocycles. The lowest BCUT2D eigenvalue weighted by Crippen LogP contribution is -2.28. The second-order valence-electron chi connectivity index (χ2n) is 6.33. The summed E-state index contributed by atoms with van der Waals surface area (Å²) in [6.45, 7) is 2.76. The molecule has 0 aromatic carbocycles. The van der Waals surface area contributed by atoms with E-state index in [9.17, 15) is 4.79 Å². The predicted octanol–water partition coefficient (Wildman–Crippen LogP) is 1.84. The third-order valence-electron chi connectivity index (χ3n) is 4.37. The molecule has 8 nitrogen and oxygen atoms in total. The van der Waals surface area contributed by atoms with Crippen molar-refractivity contribution in [3.05, 3.63) is 30.5 Å². The number of carboxylic acid groups (broad SMARTS) is 1. The van der Waals surface area contributed by atoms with Crippen LogP contribution in [0.2, 0.25) is 0 Å². The van der Waals surface area contributed by atoms with Gasteiger partial charge in [-0.05, 0) is 50.4 Å². The third-order valence-corrected chi connectivity index (χ3v) is 4.37. The fourth-order valence-electron chi connectivity index (χ4n) is 2.99. The lowest BCUT2D eigenvalue weighted by Gasteiger charge is -2.22. The smallest absolute Gasteiger partial charge is 0.322 e. The van der Waals surface area contributed by atoms with Crippen LogP contribution in [0, 0.1) is 5.92 Å². The minimum Gasteiger partial charge on any atom is -0.480 e. The van der Waals surface area contributed by atoms with E-state index in [1.54, 1.807) is 6.20 Å². The van der Waals surface area contributed by atoms with E-state index in [2.05, 4.69) is 30.9 Å². The molecule has 1 aliphatic heterocycles. The Morgan fingerprint density at radius 3 is 2.77 bits per heavy atom. The zero-order chi connectivity index (χ0) is 18.2. The first kappa shape index (κ1) is 18.1. The van der Waals surface area contributed by atoms with Crippen LogP contribution in [0.15, 0.2) is 30.5 Å². The largest absolute Gasteiger partial charge is 0.480 e. The summed E-state index contributed by atoms with van der Waals surface area (Å²) >= 11 is 0. The summed E-state index contributed by atoms with van der Waals surface area (Å²) in [5.74, 6) is 0.713. The van der Waals surface area contributed by atoms with Gasteiger partial charge in [0, 0.05) is 18.8 Å². The third kappa shape index (κ3) is 5.38. The van der Waals surface area contributed by atoms with Gasteiger partial charge in [-0.25, -0.2) is 4.98 Å². The summed E-state index contributed by atoms with van der Waals surface area (Å²) in [6, 6.07) is 7.43. The second kappa shape index (κ2) is 9.10. The Morgan fingerprint density at radius 1 is 1.19 bits per heavy atom. The Hall–Kier alpha value is -2.74. The maximum atomic E-state index is 10.8. The van der Waals surface area contributed by atoms with Crippen molar-refractivity contribution in [2.45, 2.75) is 19.3 Å². The van der Waals surface area contributed by atoms with Crippen LogP contribution in [0.4, 0.5) is 11.8 Å². The highest BCUT2D eigenvalue weighted by Crippen LogP contribution is 2.20. The van der Waals surface area contributed by atoms with Crippen LogP contribution in [0.5, 0.6) is 0 Å². The number of hydrogen-bond acceptors (Lipinski definition) is 7. The summed E-state index contributed by atoms with van der Waals surface area (Å²) in [5.41, 5.74) is 1.37. The van der Waals surface area contributed by atoms with Gasteiger partial charge in [-0.1, -0.05) is 6.07 Å². The first-order valence-electron chi connectivity index (χ1n) is 8.91. The maximum Gasteiger partial charge on any atom is 0.322 e. The van der Waals surface area contributed by atoms with Gasteiger partial charge in [-0.3, -0.25) is 9.78 Å². The summed E-state index contributed by atoms with van der Waals surface area (Å²) in [6.07, 6.45) is 5.20. The number of aromatic nitrogens is 3. The lowest BCUT2D eigenvalue weighted by atomic mass is 9.95. The van der Waals surface area contributed by atoms with Crippen LogP contribution in [0.1, 0.15) is 19.3 Å². The molecule has 0 bridgehead atoms. The predicted molar refractivity (Wildman–Crippen MR) is 100 cm³/mol. The first-order valence-corrected chi connectivity index (χ1v) is 8.91. The number of anilines is 2. The number of pyridine rings is 1. The number of rotatable bonds is 8. The molecule has 4 N–H and O–H groups in total. The molecule has 1 aliphatic rings. The fraction of sp³-hybridized carbons (Fsp3) is 0.444. The number of nitrogens with zero attached hydrogens (tertiary/aromatic N) is 3. The molecule has 3 heterocycles. The normalized spacial score (nSPS) is 14.8. The highest BCUT2D eigenvalue weighted by atomic mass is 16.4. The highest BCUT2D eigenvalue weighted by molar-refractivity contribution is 5.72. The summed E-state index contributed by atoms with van der Waals surface area (Å²) in [4.78, 5) is 23.9. The van der Waals surface area contributed by atoms with E-state index < -0.39 is 5.97 Å². The van der Waals surface area contributed by atoms with Gasteiger partial charge in [0.25, 0.3) is 0 Å². The molecule has 2 aromatic heterocycles. The van der Waals surface area contributed by atoms with Crippen LogP contribution >= 0.6 is 0 Å². The average Bonchev–Trinajstić information content (AvgIpc) is 2.68. The Kier molecular flexibility index (Phi) is 6.32. The number of hydrogen-bond donors (Lipinski definition) is 4.